The molecule has 33 heavy (non-hydrogen) atoms. The Morgan fingerprint density at radius 3 is 2.33 bits per heavy atom. The number of hydrogen-bond donors (Lipinski definition) is 0. The van der Waals surface area contributed by atoms with Gasteiger partial charge in [-0.2, -0.15) is 5.26 Å². The lowest BCUT2D eigenvalue weighted by molar-refractivity contribution is -0.116. The van der Waals surface area contributed by atoms with Crippen molar-refractivity contribution in [1.29, 1.82) is 5.26 Å². The van der Waals surface area contributed by atoms with Crippen LogP contribution in [-0.4, -0.2) is 49.5 Å². The largest absolute Gasteiger partial charge is 0.308 e. The van der Waals surface area contributed by atoms with Gasteiger partial charge in [-0.1, -0.05) is 17.7 Å². The summed E-state index contributed by atoms with van der Waals surface area (Å²) in [6.45, 7) is 3.21. The topological polar surface area (TPSA) is 100 Å². The number of nitriles is 1. The Morgan fingerprint density at radius 2 is 1.79 bits per heavy atom. The molecule has 9 heteroatoms. The predicted molar refractivity (Wildman–Crippen MR) is 122 cm³/mol. The molecular formula is C24H24FN3O4S. The molecular weight excluding hydrogens is 445 g/mol. The van der Waals surface area contributed by atoms with Crippen molar-refractivity contribution >= 4 is 32.5 Å². The van der Waals surface area contributed by atoms with Gasteiger partial charge in [-0.15, -0.1) is 0 Å². The highest BCUT2D eigenvalue weighted by molar-refractivity contribution is 7.90. The maximum absolute atomic E-state index is 14.6. The van der Waals surface area contributed by atoms with Crippen LogP contribution in [0.2, 0.25) is 0 Å². The average molecular weight is 470 g/mol. The monoisotopic (exact) mass is 469 g/mol. The van der Waals surface area contributed by atoms with Crippen LogP contribution in [0.25, 0.3) is 10.9 Å². The van der Waals surface area contributed by atoms with E-state index in [0.717, 1.165) is 15.6 Å². The zero-order valence-corrected chi connectivity index (χ0v) is 19.6. The van der Waals surface area contributed by atoms with Crippen molar-refractivity contribution in [3.8, 4) is 6.07 Å². The summed E-state index contributed by atoms with van der Waals surface area (Å²) in [5.74, 6) is -2.78. The van der Waals surface area contributed by atoms with Gasteiger partial charge in [0.25, 0.3) is 10.0 Å². The number of aromatic nitrogens is 1. The number of nitrogens with zero attached hydrogens (tertiary/aromatic N) is 3. The van der Waals surface area contributed by atoms with E-state index in [1.165, 1.54) is 31.2 Å². The van der Waals surface area contributed by atoms with Gasteiger partial charge in [-0.25, -0.2) is 16.8 Å². The van der Waals surface area contributed by atoms with E-state index >= 15 is 0 Å². The zero-order valence-electron chi connectivity index (χ0n) is 18.8. The van der Waals surface area contributed by atoms with Crippen LogP contribution in [0.15, 0.2) is 47.4 Å². The summed E-state index contributed by atoms with van der Waals surface area (Å²) in [4.78, 5) is 26.5. The third kappa shape index (κ3) is 4.87. The standard InChI is InChI=1S/C24H24FN3O4S/c1-15-5-7-20(8-6-15)33(31,32)28-22-11-17(9-16(2)29)21(25)10-18(22)12-23(28)24(30)19(13-26)14-27(3)4/h5-8,10-12,19H,9,14H2,1-4H3. The molecule has 0 bridgehead atoms. The molecule has 1 aromatic heterocycles. The number of carbonyl (C=O) groups excluding carboxylic acids is 2. The lowest BCUT2D eigenvalue weighted by Crippen LogP contribution is -2.29. The van der Waals surface area contributed by atoms with Crippen molar-refractivity contribution in [2.24, 2.45) is 5.92 Å². The normalized spacial score (nSPS) is 12.6. The molecule has 0 N–H and O–H groups in total. The SMILES string of the molecule is CC(=O)Cc1cc2c(cc1F)cc(C(=O)C(C#N)CN(C)C)n2S(=O)(=O)c1ccc(C)cc1. The number of fused-ring (bicyclic) bond motifs is 1. The highest BCUT2D eigenvalue weighted by atomic mass is 32.2. The summed E-state index contributed by atoms with van der Waals surface area (Å²) in [6.07, 6.45) is -0.220. The first kappa shape index (κ1) is 24.3. The molecule has 1 unspecified atom stereocenters. The highest BCUT2D eigenvalue weighted by Crippen LogP contribution is 2.30. The minimum absolute atomic E-state index is 0.0255. The van der Waals surface area contributed by atoms with E-state index in [9.17, 15) is 27.7 Å². The number of carbonyl (C=O) groups is 2. The Kier molecular flexibility index (Phi) is 6.81. The van der Waals surface area contributed by atoms with Gasteiger partial charge in [0, 0.05) is 18.4 Å². The Hall–Kier alpha value is -3.35. The fourth-order valence-corrected chi connectivity index (χ4v) is 5.13. The first-order chi connectivity index (χ1) is 15.4. The van der Waals surface area contributed by atoms with Gasteiger partial charge in [0.2, 0.25) is 0 Å². The van der Waals surface area contributed by atoms with Crippen LogP contribution in [0.5, 0.6) is 0 Å². The minimum atomic E-state index is -4.28. The molecule has 3 aromatic rings. The fourth-order valence-electron chi connectivity index (χ4n) is 3.62. The van der Waals surface area contributed by atoms with Crippen LogP contribution >= 0.6 is 0 Å². The summed E-state index contributed by atoms with van der Waals surface area (Å²) in [5.41, 5.74) is 0.706. The van der Waals surface area contributed by atoms with Gasteiger partial charge in [0.15, 0.2) is 5.78 Å². The van der Waals surface area contributed by atoms with Crippen molar-refractivity contribution in [2.75, 3.05) is 20.6 Å². The Balaban J connectivity index is 2.34. The molecule has 2 aromatic carbocycles. The molecule has 3 rings (SSSR count). The molecule has 7 nitrogen and oxygen atoms in total. The fraction of sp³-hybridized carbons (Fsp3) is 0.292. The van der Waals surface area contributed by atoms with Crippen LogP contribution in [-0.2, 0) is 21.2 Å². The highest BCUT2D eigenvalue weighted by Gasteiger charge is 2.31. The molecule has 1 atom stereocenters. The number of benzene rings is 2. The molecule has 0 aliphatic heterocycles. The van der Waals surface area contributed by atoms with E-state index in [1.54, 1.807) is 31.1 Å². The minimum Gasteiger partial charge on any atom is -0.308 e. The van der Waals surface area contributed by atoms with Gasteiger partial charge in [-0.3, -0.25) is 9.59 Å². The Labute approximate surface area is 192 Å². The van der Waals surface area contributed by atoms with Gasteiger partial charge < -0.3 is 4.90 Å². The van der Waals surface area contributed by atoms with E-state index in [0.29, 0.717) is 0 Å². The number of ketones is 2. The molecule has 0 saturated heterocycles. The summed E-state index contributed by atoms with van der Waals surface area (Å²) in [5, 5.41) is 9.74. The third-order valence-electron chi connectivity index (χ3n) is 5.20. The Bertz CT molecular complexity index is 1380. The number of hydrogen-bond acceptors (Lipinski definition) is 6. The first-order valence-corrected chi connectivity index (χ1v) is 11.6. The second-order valence-corrected chi connectivity index (χ2v) is 10.1. The lowest BCUT2D eigenvalue weighted by atomic mass is 10.0. The molecule has 0 fully saturated rings. The van der Waals surface area contributed by atoms with Gasteiger partial charge in [0.05, 0.1) is 16.5 Å². The first-order valence-electron chi connectivity index (χ1n) is 10.2. The molecule has 0 aliphatic carbocycles. The molecule has 0 radical (unpaired) electrons. The van der Waals surface area contributed by atoms with Crippen molar-refractivity contribution in [2.45, 2.75) is 25.2 Å². The summed E-state index contributed by atoms with van der Waals surface area (Å²) < 4.78 is 42.8. The summed E-state index contributed by atoms with van der Waals surface area (Å²) >= 11 is 0. The maximum Gasteiger partial charge on any atom is 0.268 e. The van der Waals surface area contributed by atoms with E-state index in [2.05, 4.69) is 0 Å². The number of Topliss-reactive ketones (excluding diaryl/α,β-unsaturated/α-hetero) is 2. The number of halogens is 1. The van der Waals surface area contributed by atoms with Crippen molar-refractivity contribution < 1.29 is 22.4 Å². The van der Waals surface area contributed by atoms with E-state index in [1.807, 2.05) is 13.0 Å². The third-order valence-corrected chi connectivity index (χ3v) is 6.94. The smallest absolute Gasteiger partial charge is 0.268 e. The molecule has 172 valence electrons. The molecule has 0 amide bonds. The van der Waals surface area contributed by atoms with Crippen LogP contribution in [0.3, 0.4) is 0 Å². The van der Waals surface area contributed by atoms with Crippen molar-refractivity contribution in [3.05, 3.63) is 65.1 Å². The van der Waals surface area contributed by atoms with Gasteiger partial charge >= 0.3 is 0 Å². The summed E-state index contributed by atoms with van der Waals surface area (Å²) in [7, 11) is -0.889. The van der Waals surface area contributed by atoms with Gasteiger partial charge in [0.1, 0.15) is 23.2 Å². The van der Waals surface area contributed by atoms with Gasteiger partial charge in [-0.05, 0) is 63.8 Å². The van der Waals surface area contributed by atoms with Crippen LogP contribution in [0.1, 0.15) is 28.5 Å². The van der Waals surface area contributed by atoms with Crippen LogP contribution in [0, 0.1) is 30.0 Å². The lowest BCUT2D eigenvalue weighted by Gasteiger charge is -2.16. The Morgan fingerprint density at radius 1 is 1.15 bits per heavy atom. The zero-order chi connectivity index (χ0) is 24.5. The number of aryl methyl sites for hydroxylation is 1. The van der Waals surface area contributed by atoms with Crippen LogP contribution < -0.4 is 0 Å². The van der Waals surface area contributed by atoms with E-state index in [-0.39, 0.29) is 45.8 Å². The van der Waals surface area contributed by atoms with Crippen molar-refractivity contribution in [1.82, 2.24) is 8.87 Å². The molecule has 0 spiro atoms. The number of rotatable bonds is 8. The summed E-state index contributed by atoms with van der Waals surface area (Å²) in [6, 6.07) is 11.7. The molecule has 1 heterocycles. The van der Waals surface area contributed by atoms with E-state index in [4.69, 9.17) is 0 Å². The van der Waals surface area contributed by atoms with Crippen LogP contribution in [0.4, 0.5) is 4.39 Å². The maximum atomic E-state index is 14.6. The second kappa shape index (κ2) is 9.25. The quantitative estimate of drug-likeness (QED) is 0.469. The average Bonchev–Trinajstić information content (AvgIpc) is 3.10. The molecule has 0 saturated carbocycles. The second-order valence-electron chi connectivity index (χ2n) is 8.30. The molecule has 0 aliphatic rings. The predicted octanol–water partition coefficient (Wildman–Crippen LogP) is 3.34. The van der Waals surface area contributed by atoms with Crippen molar-refractivity contribution in [3.63, 3.8) is 0 Å². The van der Waals surface area contributed by atoms with E-state index < -0.39 is 27.5 Å².